The predicted octanol–water partition coefficient (Wildman–Crippen LogP) is 3.37. The molecule has 0 spiro atoms. The highest BCUT2D eigenvalue weighted by molar-refractivity contribution is 5.77. The van der Waals surface area contributed by atoms with Crippen LogP contribution in [-0.4, -0.2) is 55.4 Å². The van der Waals surface area contributed by atoms with Gasteiger partial charge >= 0.3 is 0 Å². The van der Waals surface area contributed by atoms with Crippen molar-refractivity contribution in [1.82, 2.24) is 10.2 Å². The van der Waals surface area contributed by atoms with Gasteiger partial charge in [0, 0.05) is 38.8 Å². The van der Waals surface area contributed by atoms with E-state index in [0.717, 1.165) is 74.9 Å². The predicted molar refractivity (Wildman–Crippen MR) is 109 cm³/mol. The number of hydrogen-bond acceptors (Lipinski definition) is 5. The Morgan fingerprint density at radius 3 is 2.33 bits per heavy atom. The molecule has 4 rings (SSSR count). The number of nitrogens with one attached hydrogen (secondary N) is 1. The van der Waals surface area contributed by atoms with Gasteiger partial charge in [0.25, 0.3) is 0 Å². The van der Waals surface area contributed by atoms with Crippen molar-refractivity contribution in [3.05, 3.63) is 48.5 Å². The zero-order valence-corrected chi connectivity index (χ0v) is 15.8. The summed E-state index contributed by atoms with van der Waals surface area (Å²) in [6.45, 7) is 5.46. The lowest BCUT2D eigenvalue weighted by atomic mass is 10.1. The minimum absolute atomic E-state index is 0.268. The van der Waals surface area contributed by atoms with E-state index in [9.17, 15) is 5.11 Å². The number of anilines is 2. The number of ether oxygens (including phenoxy) is 1. The highest BCUT2D eigenvalue weighted by atomic mass is 16.5. The van der Waals surface area contributed by atoms with Crippen LogP contribution in [0.3, 0.4) is 0 Å². The number of hydrogen-bond donors (Lipinski definition) is 2. The van der Waals surface area contributed by atoms with Gasteiger partial charge in [-0.05, 0) is 50.1 Å². The molecular weight excluding hydrogens is 338 g/mol. The highest BCUT2D eigenvalue weighted by Crippen LogP contribution is 2.46. The molecule has 2 aromatic carbocycles. The Bertz CT molecular complexity index is 704. The largest absolute Gasteiger partial charge is 0.453 e. The minimum atomic E-state index is 0.268. The molecule has 0 aliphatic carbocycles. The van der Waals surface area contributed by atoms with Crippen LogP contribution in [0, 0.1) is 0 Å². The molecule has 2 aliphatic rings. The molecule has 1 atom stereocenters. The second kappa shape index (κ2) is 8.74. The standard InChI is InChI=1S/C22H29N3O2/c26-16-11-18-17-23-12-15-24(18)13-5-6-14-25-19-7-1-3-9-21(19)27-22-10-4-2-8-20(22)25/h1-4,7-10,18,23,26H,5-6,11-17H2. The van der Waals surface area contributed by atoms with Crippen molar-refractivity contribution in [2.24, 2.45) is 0 Å². The van der Waals surface area contributed by atoms with Crippen molar-refractivity contribution >= 4 is 11.4 Å². The SMILES string of the molecule is OCCC1CNCCN1CCCCN1c2ccccc2Oc2ccccc21. The molecule has 0 saturated carbocycles. The first-order valence-electron chi connectivity index (χ1n) is 10.1. The van der Waals surface area contributed by atoms with Crippen LogP contribution in [0.1, 0.15) is 19.3 Å². The van der Waals surface area contributed by atoms with Gasteiger partial charge in [0.1, 0.15) is 0 Å². The Hall–Kier alpha value is -2.08. The number of para-hydroxylation sites is 4. The molecule has 0 radical (unpaired) electrons. The Balaban J connectivity index is 1.38. The van der Waals surface area contributed by atoms with Crippen molar-refractivity contribution < 1.29 is 9.84 Å². The first-order valence-corrected chi connectivity index (χ1v) is 10.1. The number of fused-ring (bicyclic) bond motifs is 2. The van der Waals surface area contributed by atoms with Crippen molar-refractivity contribution in [1.29, 1.82) is 0 Å². The van der Waals surface area contributed by atoms with Gasteiger partial charge in [0.15, 0.2) is 11.5 Å². The van der Waals surface area contributed by atoms with Crippen molar-refractivity contribution in [2.75, 3.05) is 44.2 Å². The fourth-order valence-corrected chi connectivity index (χ4v) is 4.14. The summed E-state index contributed by atoms with van der Waals surface area (Å²) in [4.78, 5) is 4.92. The van der Waals surface area contributed by atoms with E-state index in [1.807, 2.05) is 24.3 Å². The van der Waals surface area contributed by atoms with Crippen LogP contribution in [-0.2, 0) is 0 Å². The molecule has 1 unspecified atom stereocenters. The summed E-state index contributed by atoms with van der Waals surface area (Å²) in [5.74, 6) is 1.86. The number of nitrogens with zero attached hydrogens (tertiary/aromatic N) is 2. The average molecular weight is 367 g/mol. The molecule has 0 bridgehead atoms. The lowest BCUT2D eigenvalue weighted by Gasteiger charge is -2.36. The number of piperazine rings is 1. The van der Waals surface area contributed by atoms with Crippen molar-refractivity contribution in [3.63, 3.8) is 0 Å². The molecule has 144 valence electrons. The molecule has 27 heavy (non-hydrogen) atoms. The maximum absolute atomic E-state index is 9.29. The normalized spacial score (nSPS) is 19.3. The first-order chi connectivity index (χ1) is 13.4. The average Bonchev–Trinajstić information content (AvgIpc) is 2.71. The highest BCUT2D eigenvalue weighted by Gasteiger charge is 2.24. The van der Waals surface area contributed by atoms with E-state index >= 15 is 0 Å². The summed E-state index contributed by atoms with van der Waals surface area (Å²) in [6, 6.07) is 17.0. The summed E-state index contributed by atoms with van der Waals surface area (Å²) >= 11 is 0. The number of rotatable bonds is 7. The second-order valence-corrected chi connectivity index (χ2v) is 7.30. The van der Waals surface area contributed by atoms with E-state index in [1.165, 1.54) is 0 Å². The van der Waals surface area contributed by atoms with Gasteiger partial charge in [0.2, 0.25) is 0 Å². The van der Waals surface area contributed by atoms with Gasteiger partial charge in [-0.1, -0.05) is 24.3 Å². The number of aliphatic hydroxyl groups excluding tert-OH is 1. The molecule has 5 heteroatoms. The Labute approximate surface area is 161 Å². The molecule has 5 nitrogen and oxygen atoms in total. The first kappa shape index (κ1) is 18.3. The van der Waals surface area contributed by atoms with E-state index in [1.54, 1.807) is 0 Å². The molecule has 2 N–H and O–H groups in total. The van der Waals surface area contributed by atoms with Crippen molar-refractivity contribution in [3.8, 4) is 11.5 Å². The third-order valence-corrected chi connectivity index (χ3v) is 5.54. The van der Waals surface area contributed by atoms with Crippen LogP contribution < -0.4 is 15.0 Å². The summed E-state index contributed by atoms with van der Waals surface area (Å²) in [5, 5.41) is 12.7. The topological polar surface area (TPSA) is 48.0 Å². The zero-order chi connectivity index (χ0) is 18.5. The third kappa shape index (κ3) is 4.10. The van der Waals surface area contributed by atoms with Gasteiger partial charge in [0.05, 0.1) is 11.4 Å². The van der Waals surface area contributed by atoms with Gasteiger partial charge in [-0.2, -0.15) is 0 Å². The number of unbranched alkanes of at least 4 members (excludes halogenated alkanes) is 1. The van der Waals surface area contributed by atoms with E-state index in [2.05, 4.69) is 39.4 Å². The van der Waals surface area contributed by atoms with Gasteiger partial charge in [-0.3, -0.25) is 4.90 Å². The minimum Gasteiger partial charge on any atom is -0.453 e. The molecule has 1 fully saturated rings. The number of aliphatic hydroxyl groups is 1. The Kier molecular flexibility index (Phi) is 5.92. The summed E-state index contributed by atoms with van der Waals surface area (Å²) in [5.41, 5.74) is 2.30. The van der Waals surface area contributed by atoms with Crippen molar-refractivity contribution in [2.45, 2.75) is 25.3 Å². The molecule has 2 heterocycles. The van der Waals surface area contributed by atoms with Gasteiger partial charge in [-0.15, -0.1) is 0 Å². The third-order valence-electron chi connectivity index (χ3n) is 5.54. The van der Waals surface area contributed by atoms with E-state index in [0.29, 0.717) is 6.04 Å². The van der Waals surface area contributed by atoms with E-state index in [-0.39, 0.29) is 6.61 Å². The molecule has 0 aromatic heterocycles. The van der Waals surface area contributed by atoms with E-state index in [4.69, 9.17) is 4.74 Å². The Morgan fingerprint density at radius 1 is 0.963 bits per heavy atom. The van der Waals surface area contributed by atoms with Crippen LogP contribution in [0.2, 0.25) is 0 Å². The van der Waals surface area contributed by atoms with E-state index < -0.39 is 0 Å². The lowest BCUT2D eigenvalue weighted by Crippen LogP contribution is -2.51. The second-order valence-electron chi connectivity index (χ2n) is 7.30. The van der Waals surface area contributed by atoms with Crippen LogP contribution in [0.15, 0.2) is 48.5 Å². The van der Waals surface area contributed by atoms with Gasteiger partial charge in [-0.25, -0.2) is 0 Å². The maximum atomic E-state index is 9.29. The lowest BCUT2D eigenvalue weighted by molar-refractivity contribution is 0.128. The van der Waals surface area contributed by atoms with Crippen LogP contribution >= 0.6 is 0 Å². The quantitative estimate of drug-likeness (QED) is 0.735. The van der Waals surface area contributed by atoms with Crippen LogP contribution in [0.25, 0.3) is 0 Å². The summed E-state index contributed by atoms with van der Waals surface area (Å²) in [6.07, 6.45) is 3.14. The van der Waals surface area contributed by atoms with Crippen LogP contribution in [0.4, 0.5) is 11.4 Å². The molecule has 2 aromatic rings. The van der Waals surface area contributed by atoms with Crippen LogP contribution in [0.5, 0.6) is 11.5 Å². The number of benzene rings is 2. The smallest absolute Gasteiger partial charge is 0.151 e. The monoisotopic (exact) mass is 367 g/mol. The Morgan fingerprint density at radius 2 is 1.63 bits per heavy atom. The summed E-state index contributed by atoms with van der Waals surface area (Å²) in [7, 11) is 0. The fraction of sp³-hybridized carbons (Fsp3) is 0.455. The molecule has 1 saturated heterocycles. The fourth-order valence-electron chi connectivity index (χ4n) is 4.14. The molecule has 2 aliphatic heterocycles. The molecule has 0 amide bonds. The molecular formula is C22H29N3O2. The van der Waals surface area contributed by atoms with Gasteiger partial charge < -0.3 is 20.1 Å². The maximum Gasteiger partial charge on any atom is 0.151 e. The summed E-state index contributed by atoms with van der Waals surface area (Å²) < 4.78 is 6.07. The zero-order valence-electron chi connectivity index (χ0n) is 15.8.